The number of aromatic nitrogens is 1. The van der Waals surface area contributed by atoms with Crippen molar-refractivity contribution in [3.63, 3.8) is 0 Å². The number of amides is 1. The number of likely N-dealkylation sites (tertiary alicyclic amines) is 1. The second-order valence-electron chi connectivity index (χ2n) is 9.92. The molecule has 2 aliphatic rings. The molecule has 172 valence electrons. The zero-order valence-corrected chi connectivity index (χ0v) is 19.6. The summed E-state index contributed by atoms with van der Waals surface area (Å²) in [5, 5.41) is 3.30. The van der Waals surface area contributed by atoms with Gasteiger partial charge in [0.25, 0.3) is 0 Å². The van der Waals surface area contributed by atoms with Crippen molar-refractivity contribution in [2.75, 3.05) is 39.4 Å². The van der Waals surface area contributed by atoms with Gasteiger partial charge in [-0.05, 0) is 66.3 Å². The lowest BCUT2D eigenvalue weighted by Gasteiger charge is -2.37. The monoisotopic (exact) mass is 435 g/mol. The minimum atomic E-state index is -0.413. The maximum Gasteiger partial charge on any atom is 0.226 e. The molecule has 1 amide bonds. The van der Waals surface area contributed by atoms with Crippen LogP contribution in [-0.2, 0) is 16.0 Å². The van der Waals surface area contributed by atoms with Gasteiger partial charge in [-0.15, -0.1) is 0 Å². The summed E-state index contributed by atoms with van der Waals surface area (Å²) >= 11 is 0. The van der Waals surface area contributed by atoms with Crippen LogP contribution in [0.2, 0.25) is 0 Å². The Bertz CT molecular complexity index is 869. The summed E-state index contributed by atoms with van der Waals surface area (Å²) in [5.41, 5.74) is 3.13. The molecule has 0 bridgehead atoms. The van der Waals surface area contributed by atoms with Gasteiger partial charge in [0, 0.05) is 51.8 Å². The summed E-state index contributed by atoms with van der Waals surface area (Å²) in [6.07, 6.45) is 7.22. The number of rotatable bonds is 7. The van der Waals surface area contributed by atoms with Gasteiger partial charge in [0.1, 0.15) is 0 Å². The summed E-state index contributed by atoms with van der Waals surface area (Å²) < 4.78 is 5.65. The smallest absolute Gasteiger partial charge is 0.226 e. The molecule has 2 aliphatic heterocycles. The van der Waals surface area contributed by atoms with Crippen LogP contribution in [-0.4, -0.2) is 55.2 Å². The van der Waals surface area contributed by atoms with Gasteiger partial charge in [-0.2, -0.15) is 0 Å². The Hall–Kier alpha value is -2.24. The van der Waals surface area contributed by atoms with Crippen molar-refractivity contribution in [1.82, 2.24) is 15.2 Å². The van der Waals surface area contributed by atoms with Crippen molar-refractivity contribution in [2.45, 2.75) is 39.5 Å². The molecular formula is C27H37N3O2. The van der Waals surface area contributed by atoms with E-state index in [1.807, 2.05) is 24.5 Å². The topological polar surface area (TPSA) is 54.5 Å². The van der Waals surface area contributed by atoms with E-state index in [0.29, 0.717) is 19.8 Å². The molecule has 5 heteroatoms. The first-order valence-electron chi connectivity index (χ1n) is 12.1. The van der Waals surface area contributed by atoms with Crippen LogP contribution in [0.3, 0.4) is 0 Å². The zero-order chi connectivity index (χ0) is 22.4. The first kappa shape index (κ1) is 22.9. The molecule has 2 unspecified atom stereocenters. The molecule has 2 atom stereocenters. The maximum atomic E-state index is 13.5. The number of piperidine rings is 1. The highest BCUT2D eigenvalue weighted by Crippen LogP contribution is 2.37. The fourth-order valence-electron chi connectivity index (χ4n) is 5.59. The SMILES string of the molecule is CC1CC(C)CN(CCNC(=O)C2(Cc3ccccc3-c3ccncc3)CCOCC2)C1. The van der Waals surface area contributed by atoms with E-state index in [1.165, 1.54) is 17.5 Å². The Labute approximate surface area is 192 Å². The lowest BCUT2D eigenvalue weighted by molar-refractivity contribution is -0.136. The fraction of sp³-hybridized carbons (Fsp3) is 0.556. The number of carbonyl (C=O) groups excluding carboxylic acids is 1. The van der Waals surface area contributed by atoms with E-state index in [-0.39, 0.29) is 5.91 Å². The summed E-state index contributed by atoms with van der Waals surface area (Å²) in [7, 11) is 0. The highest BCUT2D eigenvalue weighted by atomic mass is 16.5. The second-order valence-corrected chi connectivity index (χ2v) is 9.92. The van der Waals surface area contributed by atoms with Crippen LogP contribution in [0.5, 0.6) is 0 Å². The molecule has 0 spiro atoms. The molecule has 3 heterocycles. The van der Waals surface area contributed by atoms with E-state index in [2.05, 4.69) is 53.3 Å². The number of nitrogens with zero attached hydrogens (tertiary/aromatic N) is 2. The summed E-state index contributed by atoms with van der Waals surface area (Å²) in [5.74, 6) is 1.66. The molecule has 1 aromatic carbocycles. The molecule has 4 rings (SSSR count). The Balaban J connectivity index is 1.45. The van der Waals surface area contributed by atoms with E-state index in [4.69, 9.17) is 4.74 Å². The van der Waals surface area contributed by atoms with Gasteiger partial charge in [0.2, 0.25) is 5.91 Å². The van der Waals surface area contributed by atoms with Crippen LogP contribution < -0.4 is 5.32 Å². The van der Waals surface area contributed by atoms with Crippen molar-refractivity contribution >= 4 is 5.91 Å². The summed E-state index contributed by atoms with van der Waals surface area (Å²) in [4.78, 5) is 20.2. The molecular weight excluding hydrogens is 398 g/mol. The first-order chi connectivity index (χ1) is 15.6. The Morgan fingerprint density at radius 3 is 2.50 bits per heavy atom. The van der Waals surface area contributed by atoms with Gasteiger partial charge in [-0.1, -0.05) is 38.1 Å². The maximum absolute atomic E-state index is 13.5. The lowest BCUT2D eigenvalue weighted by Crippen LogP contribution is -2.49. The number of pyridine rings is 1. The highest BCUT2D eigenvalue weighted by molar-refractivity contribution is 5.83. The number of nitrogens with one attached hydrogen (secondary N) is 1. The molecule has 0 radical (unpaired) electrons. The minimum absolute atomic E-state index is 0.184. The zero-order valence-electron chi connectivity index (χ0n) is 19.6. The van der Waals surface area contributed by atoms with Crippen LogP contribution >= 0.6 is 0 Å². The molecule has 32 heavy (non-hydrogen) atoms. The van der Waals surface area contributed by atoms with Crippen LogP contribution in [0.1, 0.15) is 38.7 Å². The van der Waals surface area contributed by atoms with Crippen molar-refractivity contribution < 1.29 is 9.53 Å². The average Bonchev–Trinajstić information content (AvgIpc) is 2.80. The number of carbonyl (C=O) groups is 1. The Morgan fingerprint density at radius 2 is 1.78 bits per heavy atom. The van der Waals surface area contributed by atoms with E-state index >= 15 is 0 Å². The number of hydrogen-bond donors (Lipinski definition) is 1. The molecule has 2 saturated heterocycles. The molecule has 2 aromatic rings. The van der Waals surface area contributed by atoms with Gasteiger partial charge in [0.05, 0.1) is 5.41 Å². The third kappa shape index (κ3) is 5.57. The molecule has 5 nitrogen and oxygen atoms in total. The molecule has 1 aromatic heterocycles. The largest absolute Gasteiger partial charge is 0.381 e. The number of benzene rings is 1. The summed E-state index contributed by atoms with van der Waals surface area (Å²) in [6.45, 7) is 9.87. The standard InChI is InChI=1S/C27H37N3O2/c1-21-17-22(2)20-30(19-21)14-13-29-26(31)27(9-15-32-16-10-27)18-24-5-3-4-6-25(24)23-7-11-28-12-8-23/h3-8,11-12,21-22H,9-10,13-20H2,1-2H3,(H,29,31). The van der Waals surface area contributed by atoms with Crippen molar-refractivity contribution in [3.05, 3.63) is 54.4 Å². The van der Waals surface area contributed by atoms with Gasteiger partial charge in [-0.25, -0.2) is 0 Å². The van der Waals surface area contributed by atoms with Crippen LogP contribution in [0.25, 0.3) is 11.1 Å². The van der Waals surface area contributed by atoms with Gasteiger partial charge >= 0.3 is 0 Å². The third-order valence-electron chi connectivity index (χ3n) is 7.13. The predicted octanol–water partition coefficient (Wildman–Crippen LogP) is 4.18. The summed E-state index contributed by atoms with van der Waals surface area (Å²) in [6, 6.07) is 12.5. The molecule has 0 saturated carbocycles. The number of hydrogen-bond acceptors (Lipinski definition) is 4. The molecule has 0 aliphatic carbocycles. The van der Waals surface area contributed by atoms with Gasteiger partial charge < -0.3 is 15.0 Å². The quantitative estimate of drug-likeness (QED) is 0.709. The van der Waals surface area contributed by atoms with E-state index in [1.54, 1.807) is 0 Å². The van der Waals surface area contributed by atoms with Crippen LogP contribution in [0, 0.1) is 17.3 Å². The highest BCUT2D eigenvalue weighted by Gasteiger charge is 2.40. The lowest BCUT2D eigenvalue weighted by atomic mass is 9.73. The van der Waals surface area contributed by atoms with E-state index in [9.17, 15) is 4.79 Å². The first-order valence-corrected chi connectivity index (χ1v) is 12.1. The fourth-order valence-corrected chi connectivity index (χ4v) is 5.59. The van der Waals surface area contributed by atoms with Crippen LogP contribution in [0.15, 0.2) is 48.8 Å². The van der Waals surface area contributed by atoms with Crippen molar-refractivity contribution in [1.29, 1.82) is 0 Å². The minimum Gasteiger partial charge on any atom is -0.381 e. The second kappa shape index (κ2) is 10.6. The van der Waals surface area contributed by atoms with Crippen molar-refractivity contribution in [2.24, 2.45) is 17.3 Å². The number of ether oxygens (including phenoxy) is 1. The molecule has 2 fully saturated rings. The van der Waals surface area contributed by atoms with Crippen LogP contribution in [0.4, 0.5) is 0 Å². The van der Waals surface area contributed by atoms with Crippen molar-refractivity contribution in [3.8, 4) is 11.1 Å². The predicted molar refractivity (Wildman–Crippen MR) is 128 cm³/mol. The Morgan fingerprint density at radius 1 is 1.09 bits per heavy atom. The average molecular weight is 436 g/mol. The van der Waals surface area contributed by atoms with Gasteiger partial charge in [-0.3, -0.25) is 9.78 Å². The third-order valence-corrected chi connectivity index (χ3v) is 7.13. The molecule has 1 N–H and O–H groups in total. The normalized spacial score (nSPS) is 23.6. The van der Waals surface area contributed by atoms with Gasteiger partial charge in [0.15, 0.2) is 0 Å². The van der Waals surface area contributed by atoms with E-state index < -0.39 is 5.41 Å². The van der Waals surface area contributed by atoms with E-state index in [0.717, 1.165) is 56.3 Å². The Kier molecular flexibility index (Phi) is 7.59.